The summed E-state index contributed by atoms with van der Waals surface area (Å²) in [6, 6.07) is 12.0. The standard InChI is InChI=1S/C15H15N3O2/c16-12-6-10(15(19)20)8-17-14(12)18-13-7-11(13)9-4-2-1-3-5-9/h1-6,8,11,13H,7,16H2,(H,17,18)(H,19,20). The highest BCUT2D eigenvalue weighted by Crippen LogP contribution is 2.43. The van der Waals surface area contributed by atoms with Gasteiger partial charge in [0, 0.05) is 18.2 Å². The number of benzene rings is 1. The van der Waals surface area contributed by atoms with Crippen LogP contribution in [0.25, 0.3) is 0 Å². The second-order valence-corrected chi connectivity index (χ2v) is 4.97. The molecule has 4 N–H and O–H groups in total. The molecular weight excluding hydrogens is 254 g/mol. The van der Waals surface area contributed by atoms with E-state index >= 15 is 0 Å². The van der Waals surface area contributed by atoms with Crippen LogP contribution in [-0.4, -0.2) is 22.1 Å². The molecule has 5 heteroatoms. The summed E-state index contributed by atoms with van der Waals surface area (Å²) >= 11 is 0. The number of aromatic nitrogens is 1. The minimum atomic E-state index is -1.02. The quantitative estimate of drug-likeness (QED) is 0.792. The number of nitrogens with two attached hydrogens (primary N) is 1. The van der Waals surface area contributed by atoms with Gasteiger partial charge >= 0.3 is 5.97 Å². The molecule has 0 saturated heterocycles. The van der Waals surface area contributed by atoms with Crippen molar-refractivity contribution in [3.63, 3.8) is 0 Å². The summed E-state index contributed by atoms with van der Waals surface area (Å²) in [5, 5.41) is 12.1. The van der Waals surface area contributed by atoms with E-state index in [1.165, 1.54) is 17.8 Å². The number of carbonyl (C=O) groups is 1. The number of aromatic carboxylic acids is 1. The molecule has 0 aliphatic heterocycles. The predicted molar refractivity (Wildman–Crippen MR) is 76.8 cm³/mol. The molecule has 2 atom stereocenters. The number of pyridine rings is 1. The number of nitrogens with zero attached hydrogens (tertiary/aromatic N) is 1. The molecule has 0 bridgehead atoms. The monoisotopic (exact) mass is 269 g/mol. The highest BCUT2D eigenvalue weighted by molar-refractivity contribution is 5.89. The molecule has 5 nitrogen and oxygen atoms in total. The van der Waals surface area contributed by atoms with Gasteiger partial charge in [-0.3, -0.25) is 0 Å². The fraction of sp³-hybridized carbons (Fsp3) is 0.200. The van der Waals surface area contributed by atoms with Crippen LogP contribution in [0, 0.1) is 0 Å². The lowest BCUT2D eigenvalue weighted by Crippen LogP contribution is -2.09. The Morgan fingerprint density at radius 3 is 2.75 bits per heavy atom. The van der Waals surface area contributed by atoms with Crippen molar-refractivity contribution in [2.45, 2.75) is 18.4 Å². The van der Waals surface area contributed by atoms with E-state index in [2.05, 4.69) is 22.4 Å². The summed E-state index contributed by atoms with van der Waals surface area (Å²) in [4.78, 5) is 14.9. The van der Waals surface area contributed by atoms with Crippen LogP contribution in [0.3, 0.4) is 0 Å². The van der Waals surface area contributed by atoms with E-state index in [9.17, 15) is 4.79 Å². The second kappa shape index (κ2) is 4.85. The number of carboxylic acids is 1. The zero-order valence-corrected chi connectivity index (χ0v) is 10.8. The third-order valence-corrected chi connectivity index (χ3v) is 3.50. The van der Waals surface area contributed by atoms with Gasteiger partial charge in [-0.1, -0.05) is 30.3 Å². The molecule has 3 rings (SSSR count). The summed E-state index contributed by atoms with van der Waals surface area (Å²) < 4.78 is 0. The zero-order chi connectivity index (χ0) is 14.1. The Balaban J connectivity index is 1.70. The van der Waals surface area contributed by atoms with Gasteiger partial charge in [0.2, 0.25) is 0 Å². The maximum Gasteiger partial charge on any atom is 0.337 e. The minimum absolute atomic E-state index is 0.100. The molecule has 1 aromatic heterocycles. The minimum Gasteiger partial charge on any atom is -0.478 e. The van der Waals surface area contributed by atoms with E-state index < -0.39 is 5.97 Å². The lowest BCUT2D eigenvalue weighted by molar-refractivity contribution is 0.0696. The Kier molecular flexibility index (Phi) is 3.02. The Hall–Kier alpha value is -2.56. The molecule has 1 aliphatic carbocycles. The first-order chi connectivity index (χ1) is 9.65. The summed E-state index contributed by atoms with van der Waals surface area (Å²) in [6.07, 6.45) is 2.35. The first-order valence-corrected chi connectivity index (χ1v) is 6.45. The summed E-state index contributed by atoms with van der Waals surface area (Å²) in [5.74, 6) is -0.000634. The van der Waals surface area contributed by atoms with Crippen molar-refractivity contribution in [2.75, 3.05) is 11.1 Å². The normalized spacial score (nSPS) is 20.4. The molecule has 2 unspecified atom stereocenters. The number of hydrogen-bond acceptors (Lipinski definition) is 4. The molecule has 1 fully saturated rings. The van der Waals surface area contributed by atoms with Crippen LogP contribution in [0.15, 0.2) is 42.6 Å². The number of carboxylic acid groups (broad SMARTS) is 1. The Labute approximate surface area is 116 Å². The lowest BCUT2D eigenvalue weighted by Gasteiger charge is -2.08. The van der Waals surface area contributed by atoms with Crippen LogP contribution < -0.4 is 11.1 Å². The molecule has 1 aliphatic rings. The SMILES string of the molecule is Nc1cc(C(=O)O)cnc1NC1CC1c1ccccc1. The first-order valence-electron chi connectivity index (χ1n) is 6.45. The number of hydrogen-bond donors (Lipinski definition) is 3. The van der Waals surface area contributed by atoms with Gasteiger partial charge in [0.1, 0.15) is 5.82 Å². The van der Waals surface area contributed by atoms with E-state index in [1.807, 2.05) is 18.2 Å². The van der Waals surface area contributed by atoms with Gasteiger partial charge in [0.05, 0.1) is 11.3 Å². The van der Waals surface area contributed by atoms with E-state index in [1.54, 1.807) is 0 Å². The molecule has 0 radical (unpaired) electrons. The smallest absolute Gasteiger partial charge is 0.337 e. The third kappa shape index (κ3) is 2.42. The molecule has 20 heavy (non-hydrogen) atoms. The highest BCUT2D eigenvalue weighted by atomic mass is 16.4. The Morgan fingerprint density at radius 2 is 2.10 bits per heavy atom. The summed E-state index contributed by atoms with van der Waals surface area (Å²) in [5.41, 5.74) is 7.59. The van der Waals surface area contributed by atoms with Crippen molar-refractivity contribution in [3.05, 3.63) is 53.7 Å². The van der Waals surface area contributed by atoms with Crippen molar-refractivity contribution >= 4 is 17.5 Å². The molecule has 1 aromatic carbocycles. The molecular formula is C15H15N3O2. The summed E-state index contributed by atoms with van der Waals surface area (Å²) in [6.45, 7) is 0. The van der Waals surface area contributed by atoms with Crippen molar-refractivity contribution in [1.82, 2.24) is 4.98 Å². The molecule has 2 aromatic rings. The zero-order valence-electron chi connectivity index (χ0n) is 10.8. The van der Waals surface area contributed by atoms with Gasteiger partial charge in [0.15, 0.2) is 0 Å². The maximum atomic E-state index is 10.8. The van der Waals surface area contributed by atoms with Gasteiger partial charge in [-0.25, -0.2) is 9.78 Å². The number of anilines is 2. The van der Waals surface area contributed by atoms with Crippen LogP contribution in [0.2, 0.25) is 0 Å². The predicted octanol–water partition coefficient (Wildman–Crippen LogP) is 2.33. The number of nitrogen functional groups attached to an aromatic ring is 1. The van der Waals surface area contributed by atoms with E-state index in [0.29, 0.717) is 23.5 Å². The molecule has 0 amide bonds. The maximum absolute atomic E-state index is 10.8. The fourth-order valence-corrected chi connectivity index (χ4v) is 2.32. The third-order valence-electron chi connectivity index (χ3n) is 3.50. The second-order valence-electron chi connectivity index (χ2n) is 4.97. The van der Waals surface area contributed by atoms with Crippen molar-refractivity contribution < 1.29 is 9.90 Å². The fourth-order valence-electron chi connectivity index (χ4n) is 2.32. The van der Waals surface area contributed by atoms with E-state index in [4.69, 9.17) is 10.8 Å². The molecule has 0 spiro atoms. The lowest BCUT2D eigenvalue weighted by atomic mass is 10.1. The molecule has 102 valence electrons. The Morgan fingerprint density at radius 1 is 1.35 bits per heavy atom. The first kappa shape index (κ1) is 12.5. The largest absolute Gasteiger partial charge is 0.478 e. The van der Waals surface area contributed by atoms with E-state index in [-0.39, 0.29) is 5.56 Å². The van der Waals surface area contributed by atoms with Crippen LogP contribution in [0.1, 0.15) is 28.3 Å². The van der Waals surface area contributed by atoms with Crippen molar-refractivity contribution in [1.29, 1.82) is 0 Å². The van der Waals surface area contributed by atoms with Gasteiger partial charge in [-0.05, 0) is 18.1 Å². The number of rotatable bonds is 4. The average Bonchev–Trinajstić information content (AvgIpc) is 3.21. The van der Waals surface area contributed by atoms with Crippen molar-refractivity contribution in [2.24, 2.45) is 0 Å². The van der Waals surface area contributed by atoms with Crippen LogP contribution in [0.4, 0.5) is 11.5 Å². The van der Waals surface area contributed by atoms with Crippen LogP contribution in [0.5, 0.6) is 0 Å². The van der Waals surface area contributed by atoms with Crippen LogP contribution in [-0.2, 0) is 0 Å². The molecule has 1 heterocycles. The van der Waals surface area contributed by atoms with Crippen LogP contribution >= 0.6 is 0 Å². The molecule has 1 saturated carbocycles. The van der Waals surface area contributed by atoms with Gasteiger partial charge in [-0.15, -0.1) is 0 Å². The average molecular weight is 269 g/mol. The van der Waals surface area contributed by atoms with Crippen molar-refractivity contribution in [3.8, 4) is 0 Å². The topological polar surface area (TPSA) is 88.2 Å². The van der Waals surface area contributed by atoms with Gasteiger partial charge in [0.25, 0.3) is 0 Å². The Bertz CT molecular complexity index is 643. The van der Waals surface area contributed by atoms with Gasteiger partial charge in [-0.2, -0.15) is 0 Å². The van der Waals surface area contributed by atoms with E-state index in [0.717, 1.165) is 6.42 Å². The van der Waals surface area contributed by atoms with Gasteiger partial charge < -0.3 is 16.2 Å². The summed E-state index contributed by atoms with van der Waals surface area (Å²) in [7, 11) is 0. The highest BCUT2D eigenvalue weighted by Gasteiger charge is 2.38. The number of nitrogens with one attached hydrogen (secondary N) is 1.